The van der Waals surface area contributed by atoms with Crippen LogP contribution in [0.1, 0.15) is 81.1 Å². The normalized spacial score (nSPS) is 29.6. The predicted molar refractivity (Wildman–Crippen MR) is 166 cm³/mol. The van der Waals surface area contributed by atoms with Gasteiger partial charge >= 0.3 is 184 Å². The van der Waals surface area contributed by atoms with E-state index in [-0.39, 0.29) is 0 Å². The zero-order valence-corrected chi connectivity index (χ0v) is 31.7. The third kappa shape index (κ3) is 15.7. The van der Waals surface area contributed by atoms with E-state index in [4.69, 9.17) is 0 Å². The van der Waals surface area contributed by atoms with E-state index < -0.39 is 0 Å². The summed E-state index contributed by atoms with van der Waals surface area (Å²) in [5.74, 6) is 6.54. The summed E-state index contributed by atoms with van der Waals surface area (Å²) < 4.78 is 0. The van der Waals surface area contributed by atoms with Gasteiger partial charge in [-0.05, 0) is 12.3 Å². The van der Waals surface area contributed by atoms with E-state index in [1.54, 1.807) is 11.7 Å². The topological polar surface area (TPSA) is 0 Å². The molecule has 0 spiro atoms. The number of hydrogen-bond donors (Lipinski definition) is 0. The van der Waals surface area contributed by atoms with Crippen LogP contribution in [0.5, 0.6) is 0 Å². The van der Waals surface area contributed by atoms with Gasteiger partial charge in [0.25, 0.3) is 0 Å². The summed E-state index contributed by atoms with van der Waals surface area (Å²) in [5.41, 5.74) is 0. The minimum atomic E-state index is 0.884. The Morgan fingerprint density at radius 1 is 0.656 bits per heavy atom. The summed E-state index contributed by atoms with van der Waals surface area (Å²) in [6.45, 7) is 18.7. The summed E-state index contributed by atoms with van der Waals surface area (Å²) in [6.07, 6.45) is 5.95. The minimum absolute atomic E-state index is 0.884. The van der Waals surface area contributed by atoms with Crippen LogP contribution in [-0.2, 0) is 0 Å². The third-order valence-electron chi connectivity index (χ3n) is 5.68. The van der Waals surface area contributed by atoms with Crippen LogP contribution >= 0.6 is 41.9 Å². The first kappa shape index (κ1) is 33.5. The molecule has 0 saturated carbocycles. The maximum atomic E-state index is 2.37. The monoisotopic (exact) mass is 784 g/mol. The first-order valence-corrected chi connectivity index (χ1v) is 29.4. The second-order valence-corrected chi connectivity index (χ2v) is 29.8. The van der Waals surface area contributed by atoms with Gasteiger partial charge in [0.05, 0.1) is 0 Å². The Hall–Kier alpha value is 3.48. The van der Waals surface area contributed by atoms with Gasteiger partial charge in [-0.25, -0.2) is 0 Å². The summed E-state index contributed by atoms with van der Waals surface area (Å²) in [7, 11) is 8.48. The Balaban J connectivity index is 0.000000213. The van der Waals surface area contributed by atoms with E-state index in [9.17, 15) is 0 Å². The Morgan fingerprint density at radius 2 is 1.34 bits per heavy atom. The van der Waals surface area contributed by atoms with Crippen molar-refractivity contribution in [2.24, 2.45) is 23.7 Å². The van der Waals surface area contributed by atoms with Crippen LogP contribution in [-0.4, -0.2) is 75.9 Å². The Labute approximate surface area is 240 Å². The number of hydrogen-bond acceptors (Lipinski definition) is 4. The summed E-state index contributed by atoms with van der Waals surface area (Å²) in [4.78, 5) is 2.25. The molecule has 0 nitrogen and oxygen atoms in total. The Morgan fingerprint density at radius 3 is 1.59 bits per heavy atom. The van der Waals surface area contributed by atoms with Crippen LogP contribution < -0.4 is 0 Å². The van der Waals surface area contributed by atoms with E-state index >= 15 is 0 Å². The second-order valence-electron chi connectivity index (χ2n) is 9.96. The molecule has 8 heteroatoms. The zero-order valence-electron chi connectivity index (χ0n) is 21.5. The average molecular weight is 781 g/mol. The fraction of sp³-hybridized carbons (Fsp3) is 1.00. The molecule has 4 fully saturated rings. The standard InChI is InChI=1S/C6H12S2.2C6H12SSe.C6H12Se2/c1-5(2)6-3-4-7-8-6;1-5(2)6-3-4-8-7-6;2*1-5(2)6-3-4-7-8-6/h4*5-6H,3-4H2,1-2H3. The van der Waals surface area contributed by atoms with Gasteiger partial charge in [0.2, 0.25) is 0 Å². The molecule has 4 saturated heterocycles. The summed E-state index contributed by atoms with van der Waals surface area (Å²) >= 11 is 4.02. The molecule has 4 aliphatic rings. The molecule has 0 N–H and O–H groups in total. The SMILES string of the molecule is CC(C)C1CCSS1.CC(C)C1CCS[Se]1.CC(C)C1CC[Se]S1.CC(C)C1CC[Se][Se]1. The van der Waals surface area contributed by atoms with E-state index in [1.165, 1.54) is 36.1 Å². The molecule has 0 bridgehead atoms. The molecule has 4 aliphatic heterocycles. The van der Waals surface area contributed by atoms with Gasteiger partial charge in [0, 0.05) is 11.0 Å². The molecule has 0 aromatic heterocycles. The van der Waals surface area contributed by atoms with Crippen molar-refractivity contribution in [3.63, 3.8) is 0 Å². The first-order chi connectivity index (χ1) is 15.2. The van der Waals surface area contributed by atoms with Crippen molar-refractivity contribution in [3.8, 4) is 0 Å². The molecule has 4 unspecified atom stereocenters. The zero-order chi connectivity index (χ0) is 23.9. The van der Waals surface area contributed by atoms with Gasteiger partial charge in [-0.1, -0.05) is 35.4 Å². The van der Waals surface area contributed by atoms with Crippen molar-refractivity contribution in [2.75, 3.05) is 11.5 Å². The molecule has 0 aliphatic carbocycles. The molecule has 4 rings (SSSR count). The molecule has 4 atom stereocenters. The van der Waals surface area contributed by atoms with Crippen LogP contribution in [0.15, 0.2) is 0 Å². The van der Waals surface area contributed by atoms with E-state index in [0.29, 0.717) is 0 Å². The molecule has 0 aromatic rings. The fourth-order valence-electron chi connectivity index (χ4n) is 3.17. The molecule has 0 amide bonds. The van der Waals surface area contributed by atoms with Gasteiger partial charge in [-0.3, -0.25) is 0 Å². The van der Waals surface area contributed by atoms with E-state index in [0.717, 1.165) is 97.7 Å². The van der Waals surface area contributed by atoms with E-state index in [1.807, 2.05) is 10.8 Å². The Bertz CT molecular complexity index is 348. The summed E-state index contributed by atoms with van der Waals surface area (Å²) in [6, 6.07) is 0. The van der Waals surface area contributed by atoms with Crippen molar-refractivity contribution in [3.05, 3.63) is 0 Å². The molecule has 32 heavy (non-hydrogen) atoms. The van der Waals surface area contributed by atoms with Gasteiger partial charge in [0.1, 0.15) is 0 Å². The van der Waals surface area contributed by atoms with Crippen LogP contribution in [0, 0.1) is 23.7 Å². The van der Waals surface area contributed by atoms with Crippen molar-refractivity contribution in [1.82, 2.24) is 0 Å². The quantitative estimate of drug-likeness (QED) is 0.207. The molecule has 192 valence electrons. The second kappa shape index (κ2) is 20.4. The van der Waals surface area contributed by atoms with Gasteiger partial charge in [-0.2, -0.15) is 0 Å². The van der Waals surface area contributed by atoms with Crippen LogP contribution in [0.4, 0.5) is 0 Å². The molecule has 0 aromatic carbocycles. The van der Waals surface area contributed by atoms with Crippen molar-refractivity contribution >= 4 is 95.9 Å². The number of rotatable bonds is 4. The van der Waals surface area contributed by atoms with E-state index in [2.05, 4.69) is 86.5 Å². The van der Waals surface area contributed by atoms with Gasteiger partial charge < -0.3 is 0 Å². The molecular weight excluding hydrogens is 732 g/mol. The average Bonchev–Trinajstić information content (AvgIpc) is 3.56. The fourth-order valence-corrected chi connectivity index (χ4v) is 28.7. The van der Waals surface area contributed by atoms with Gasteiger partial charge in [0.15, 0.2) is 0 Å². The Kier molecular flexibility index (Phi) is 21.4. The predicted octanol–water partition coefficient (Wildman–Crippen LogP) is 8.74. The van der Waals surface area contributed by atoms with Gasteiger partial charge in [-0.15, -0.1) is 0 Å². The van der Waals surface area contributed by atoms with Crippen molar-refractivity contribution < 1.29 is 0 Å². The van der Waals surface area contributed by atoms with Crippen molar-refractivity contribution in [2.45, 2.75) is 112 Å². The van der Waals surface area contributed by atoms with Crippen LogP contribution in [0.25, 0.3) is 0 Å². The molecular formula is C24H48S4Se4. The third-order valence-corrected chi connectivity index (χ3v) is 29.3. The van der Waals surface area contributed by atoms with Crippen molar-refractivity contribution in [1.29, 1.82) is 0 Å². The van der Waals surface area contributed by atoms with Crippen LogP contribution in [0.2, 0.25) is 20.3 Å². The molecule has 4 heterocycles. The van der Waals surface area contributed by atoms with Crippen LogP contribution in [0.3, 0.4) is 0 Å². The maximum absolute atomic E-state index is 2.37. The first-order valence-electron chi connectivity index (χ1n) is 12.3. The summed E-state index contributed by atoms with van der Waals surface area (Å²) in [5, 5.41) is 5.05. The molecule has 0 radical (unpaired) electrons.